The fourth-order valence-electron chi connectivity index (χ4n) is 1.39. The van der Waals surface area contributed by atoms with Crippen LogP contribution in [0.3, 0.4) is 0 Å². The van der Waals surface area contributed by atoms with Crippen LogP contribution >= 0.6 is 11.3 Å². The number of allylic oxidation sites excluding steroid dienone is 1. The number of thiazole rings is 1. The molecule has 0 aliphatic rings. The van der Waals surface area contributed by atoms with Crippen LogP contribution in [-0.2, 0) is 4.79 Å². The fourth-order valence-corrected chi connectivity index (χ4v) is 2.27. The second kappa shape index (κ2) is 5.10. The van der Waals surface area contributed by atoms with Crippen LogP contribution in [-0.4, -0.2) is 10.9 Å². The van der Waals surface area contributed by atoms with Crippen LogP contribution < -0.4 is 5.32 Å². The minimum atomic E-state index is -0.0229. The topological polar surface area (TPSA) is 42.0 Å². The molecule has 0 radical (unpaired) electrons. The summed E-state index contributed by atoms with van der Waals surface area (Å²) in [6.07, 6.45) is 2.31. The zero-order valence-electron chi connectivity index (χ0n) is 9.86. The van der Waals surface area contributed by atoms with Crippen molar-refractivity contribution in [3.05, 3.63) is 35.9 Å². The predicted molar refractivity (Wildman–Crippen MR) is 72.3 cm³/mol. The van der Waals surface area contributed by atoms with E-state index in [0.717, 1.165) is 15.8 Å². The van der Waals surface area contributed by atoms with Crippen LogP contribution in [0.25, 0.3) is 10.2 Å². The van der Waals surface area contributed by atoms with E-state index in [2.05, 4.69) is 10.3 Å². The Bertz CT molecular complexity index is 535. The first-order valence-corrected chi connectivity index (χ1v) is 6.25. The summed E-state index contributed by atoms with van der Waals surface area (Å²) in [6.45, 7) is 3.95. The molecule has 2 rings (SSSR count). The van der Waals surface area contributed by atoms with Gasteiger partial charge >= 0.3 is 0 Å². The van der Waals surface area contributed by atoms with Gasteiger partial charge in [0, 0.05) is 6.42 Å². The minimum Gasteiger partial charge on any atom is -0.302 e. The lowest BCUT2D eigenvalue weighted by atomic mass is 10.2. The Hall–Kier alpha value is -1.68. The summed E-state index contributed by atoms with van der Waals surface area (Å²) in [5.41, 5.74) is 2.07. The number of carbonyl (C=O) groups excluding carboxylic acids is 1. The molecule has 4 heteroatoms. The van der Waals surface area contributed by atoms with E-state index in [4.69, 9.17) is 0 Å². The van der Waals surface area contributed by atoms with Gasteiger partial charge in [0.25, 0.3) is 0 Å². The summed E-state index contributed by atoms with van der Waals surface area (Å²) >= 11 is 1.50. The number of anilines is 1. The second-order valence-corrected chi connectivity index (χ2v) is 5.05. The van der Waals surface area contributed by atoms with Crippen LogP contribution in [0.15, 0.2) is 35.9 Å². The molecule has 0 atom stereocenters. The van der Waals surface area contributed by atoms with Crippen molar-refractivity contribution in [3.63, 3.8) is 0 Å². The van der Waals surface area contributed by atoms with Crippen molar-refractivity contribution in [1.82, 2.24) is 4.98 Å². The van der Waals surface area contributed by atoms with Gasteiger partial charge in [-0.25, -0.2) is 4.98 Å². The number of aromatic nitrogens is 1. The third kappa shape index (κ3) is 3.14. The Morgan fingerprint density at radius 2 is 2.18 bits per heavy atom. The number of hydrogen-bond acceptors (Lipinski definition) is 3. The van der Waals surface area contributed by atoms with E-state index in [1.807, 2.05) is 44.2 Å². The SMILES string of the molecule is CC(C)=CCC(=O)Nc1nc2ccccc2s1. The highest BCUT2D eigenvalue weighted by atomic mass is 32.1. The summed E-state index contributed by atoms with van der Waals surface area (Å²) in [5, 5.41) is 3.48. The third-order valence-corrected chi connectivity index (χ3v) is 3.19. The normalized spacial score (nSPS) is 10.2. The van der Waals surface area contributed by atoms with Gasteiger partial charge < -0.3 is 5.32 Å². The summed E-state index contributed by atoms with van der Waals surface area (Å²) in [7, 11) is 0. The molecule has 0 aliphatic carbocycles. The van der Waals surface area contributed by atoms with Crippen molar-refractivity contribution in [3.8, 4) is 0 Å². The molecule has 0 aliphatic heterocycles. The molecule has 1 N–H and O–H groups in total. The Morgan fingerprint density at radius 3 is 2.88 bits per heavy atom. The fraction of sp³-hybridized carbons (Fsp3) is 0.231. The Balaban J connectivity index is 2.08. The molecule has 0 bridgehead atoms. The molecule has 0 saturated heterocycles. The Kier molecular flexibility index (Phi) is 3.54. The van der Waals surface area contributed by atoms with Gasteiger partial charge in [-0.2, -0.15) is 0 Å². The molecule has 1 amide bonds. The Morgan fingerprint density at radius 1 is 1.41 bits per heavy atom. The first-order chi connectivity index (χ1) is 8.15. The van der Waals surface area contributed by atoms with Crippen LogP contribution in [0.2, 0.25) is 0 Å². The number of benzene rings is 1. The largest absolute Gasteiger partial charge is 0.302 e. The maximum absolute atomic E-state index is 11.6. The smallest absolute Gasteiger partial charge is 0.229 e. The van der Waals surface area contributed by atoms with Crippen LogP contribution in [0.5, 0.6) is 0 Å². The van der Waals surface area contributed by atoms with Crippen molar-refractivity contribution in [2.45, 2.75) is 20.3 Å². The van der Waals surface area contributed by atoms with E-state index in [0.29, 0.717) is 11.6 Å². The molecule has 3 nitrogen and oxygen atoms in total. The molecule has 0 spiro atoms. The highest BCUT2D eigenvalue weighted by molar-refractivity contribution is 7.22. The van der Waals surface area contributed by atoms with Gasteiger partial charge in [0.1, 0.15) is 0 Å². The number of nitrogens with one attached hydrogen (secondary N) is 1. The van der Waals surface area contributed by atoms with E-state index < -0.39 is 0 Å². The van der Waals surface area contributed by atoms with Crippen molar-refractivity contribution >= 4 is 32.6 Å². The molecular weight excluding hydrogens is 232 g/mol. The molecule has 0 saturated carbocycles. The highest BCUT2D eigenvalue weighted by Crippen LogP contribution is 2.25. The van der Waals surface area contributed by atoms with E-state index in [-0.39, 0.29) is 5.91 Å². The summed E-state index contributed by atoms with van der Waals surface area (Å²) < 4.78 is 1.09. The number of fused-ring (bicyclic) bond motifs is 1. The lowest BCUT2D eigenvalue weighted by Gasteiger charge is -1.97. The zero-order chi connectivity index (χ0) is 12.3. The van der Waals surface area contributed by atoms with Crippen molar-refractivity contribution in [2.24, 2.45) is 0 Å². The monoisotopic (exact) mass is 246 g/mol. The van der Waals surface area contributed by atoms with Gasteiger partial charge in [0.2, 0.25) is 5.91 Å². The summed E-state index contributed by atoms with van der Waals surface area (Å²) in [6, 6.07) is 7.85. The highest BCUT2D eigenvalue weighted by Gasteiger charge is 2.05. The first kappa shape index (κ1) is 11.8. The average molecular weight is 246 g/mol. The molecule has 2 aromatic rings. The van der Waals surface area contributed by atoms with Gasteiger partial charge in [0.15, 0.2) is 5.13 Å². The van der Waals surface area contributed by atoms with Crippen LogP contribution in [0.1, 0.15) is 20.3 Å². The summed E-state index contributed by atoms with van der Waals surface area (Å²) in [4.78, 5) is 16.0. The lowest BCUT2D eigenvalue weighted by Crippen LogP contribution is -2.09. The lowest BCUT2D eigenvalue weighted by molar-refractivity contribution is -0.115. The van der Waals surface area contributed by atoms with Crippen LogP contribution in [0.4, 0.5) is 5.13 Å². The number of rotatable bonds is 3. The van der Waals surface area contributed by atoms with Crippen LogP contribution in [0, 0.1) is 0 Å². The number of amides is 1. The number of hydrogen-bond donors (Lipinski definition) is 1. The zero-order valence-corrected chi connectivity index (χ0v) is 10.7. The van der Waals surface area contributed by atoms with Crippen molar-refractivity contribution in [1.29, 1.82) is 0 Å². The summed E-state index contributed by atoms with van der Waals surface area (Å²) in [5.74, 6) is -0.0229. The number of carbonyl (C=O) groups is 1. The molecule has 0 unspecified atom stereocenters. The third-order valence-electron chi connectivity index (χ3n) is 2.24. The average Bonchev–Trinajstić information content (AvgIpc) is 2.68. The van der Waals surface area contributed by atoms with E-state index in [1.54, 1.807) is 0 Å². The van der Waals surface area contributed by atoms with Crippen molar-refractivity contribution in [2.75, 3.05) is 5.32 Å². The molecule has 1 heterocycles. The molecule has 88 valence electrons. The van der Waals surface area contributed by atoms with Gasteiger partial charge in [-0.3, -0.25) is 4.79 Å². The molecule has 1 aromatic heterocycles. The minimum absolute atomic E-state index is 0.0229. The van der Waals surface area contributed by atoms with E-state index in [1.165, 1.54) is 11.3 Å². The Labute approximate surface area is 104 Å². The molecule has 17 heavy (non-hydrogen) atoms. The standard InChI is InChI=1S/C13H14N2OS/c1-9(2)7-8-12(16)15-13-14-10-5-3-4-6-11(10)17-13/h3-7H,8H2,1-2H3,(H,14,15,16). The molecule has 1 aromatic carbocycles. The number of nitrogens with zero attached hydrogens (tertiary/aromatic N) is 1. The van der Waals surface area contributed by atoms with E-state index in [9.17, 15) is 4.79 Å². The van der Waals surface area contributed by atoms with Crippen molar-refractivity contribution < 1.29 is 4.79 Å². The van der Waals surface area contributed by atoms with E-state index >= 15 is 0 Å². The molecule has 0 fully saturated rings. The number of para-hydroxylation sites is 1. The maximum atomic E-state index is 11.6. The molecular formula is C13H14N2OS. The van der Waals surface area contributed by atoms with Gasteiger partial charge in [-0.1, -0.05) is 35.1 Å². The predicted octanol–water partition coefficient (Wildman–Crippen LogP) is 3.59. The second-order valence-electron chi connectivity index (χ2n) is 4.02. The quantitative estimate of drug-likeness (QED) is 0.841. The van der Waals surface area contributed by atoms with Gasteiger partial charge in [-0.15, -0.1) is 0 Å². The first-order valence-electron chi connectivity index (χ1n) is 5.44. The van der Waals surface area contributed by atoms with Gasteiger partial charge in [0.05, 0.1) is 10.2 Å². The maximum Gasteiger partial charge on any atom is 0.229 e. The van der Waals surface area contributed by atoms with Gasteiger partial charge in [-0.05, 0) is 26.0 Å².